The summed E-state index contributed by atoms with van der Waals surface area (Å²) in [5.41, 5.74) is 3.06. The van der Waals surface area contributed by atoms with Crippen molar-refractivity contribution in [2.75, 3.05) is 40.0 Å². The van der Waals surface area contributed by atoms with E-state index in [1.54, 1.807) is 18.2 Å². The van der Waals surface area contributed by atoms with Crippen LogP contribution in [-0.2, 0) is 9.53 Å². The number of aromatic nitrogens is 2. The van der Waals surface area contributed by atoms with E-state index in [1.165, 1.54) is 13.3 Å². The van der Waals surface area contributed by atoms with Crippen LogP contribution in [0.5, 0.6) is 17.4 Å². The molecule has 0 spiro atoms. The molecule has 9 nitrogen and oxygen atoms in total. The van der Waals surface area contributed by atoms with Crippen LogP contribution in [0.3, 0.4) is 0 Å². The minimum absolute atomic E-state index is 0.152. The lowest BCUT2D eigenvalue weighted by atomic mass is 10.2. The Morgan fingerprint density at radius 1 is 1.41 bits per heavy atom. The predicted molar refractivity (Wildman–Crippen MR) is 103 cm³/mol. The maximum absolute atomic E-state index is 13.8. The standard InChI is InChI=1S/C18H19ClFN5O4/c1-27-14-3-2-12(8-15(14)29-17-13(20)10-21-18(19)23-17)9-22-24-16(26)11-25-4-6-28-7-5-25/h2-3,8-10H,4-7,11H2,1H3,(H,24,26)/b22-9-. The van der Waals surface area contributed by atoms with Gasteiger partial charge in [-0.05, 0) is 35.4 Å². The Hall–Kier alpha value is -2.82. The Balaban J connectivity index is 1.65. The summed E-state index contributed by atoms with van der Waals surface area (Å²) in [5, 5.41) is 3.79. The number of hydrazone groups is 1. The molecule has 3 rings (SSSR count). The first-order chi connectivity index (χ1) is 14.0. The van der Waals surface area contributed by atoms with Crippen molar-refractivity contribution in [2.24, 2.45) is 5.10 Å². The van der Waals surface area contributed by atoms with E-state index in [4.69, 9.17) is 25.8 Å². The maximum Gasteiger partial charge on any atom is 0.260 e. The number of amides is 1. The smallest absolute Gasteiger partial charge is 0.260 e. The molecular weight excluding hydrogens is 405 g/mol. The van der Waals surface area contributed by atoms with Crippen LogP contribution in [0, 0.1) is 5.82 Å². The van der Waals surface area contributed by atoms with Gasteiger partial charge in [-0.3, -0.25) is 9.69 Å². The molecule has 11 heteroatoms. The fraction of sp³-hybridized carbons (Fsp3) is 0.333. The van der Waals surface area contributed by atoms with Crippen molar-refractivity contribution in [3.63, 3.8) is 0 Å². The van der Waals surface area contributed by atoms with Gasteiger partial charge in [-0.2, -0.15) is 14.5 Å². The minimum Gasteiger partial charge on any atom is -0.493 e. The van der Waals surface area contributed by atoms with Gasteiger partial charge in [0.1, 0.15) is 0 Å². The molecule has 1 aromatic carbocycles. The van der Waals surface area contributed by atoms with E-state index >= 15 is 0 Å². The first-order valence-electron chi connectivity index (χ1n) is 8.71. The van der Waals surface area contributed by atoms with Gasteiger partial charge in [0.25, 0.3) is 11.8 Å². The van der Waals surface area contributed by atoms with Crippen LogP contribution in [-0.4, -0.2) is 66.9 Å². The molecule has 0 unspecified atom stereocenters. The van der Waals surface area contributed by atoms with Crippen molar-refractivity contribution in [2.45, 2.75) is 0 Å². The Labute approximate surface area is 171 Å². The number of hydrogen-bond acceptors (Lipinski definition) is 8. The highest BCUT2D eigenvalue weighted by atomic mass is 35.5. The van der Waals surface area contributed by atoms with Gasteiger partial charge in [-0.25, -0.2) is 10.4 Å². The predicted octanol–water partition coefficient (Wildman–Crippen LogP) is 1.85. The lowest BCUT2D eigenvalue weighted by molar-refractivity contribution is -0.123. The van der Waals surface area contributed by atoms with Crippen molar-refractivity contribution in [1.29, 1.82) is 0 Å². The quantitative estimate of drug-likeness (QED) is 0.412. The van der Waals surface area contributed by atoms with Gasteiger partial charge in [0.2, 0.25) is 11.1 Å². The van der Waals surface area contributed by atoms with Gasteiger partial charge in [0.15, 0.2) is 11.5 Å². The molecule has 2 heterocycles. The van der Waals surface area contributed by atoms with Gasteiger partial charge in [0, 0.05) is 13.1 Å². The van der Waals surface area contributed by atoms with E-state index in [0.717, 1.165) is 6.20 Å². The molecule has 0 saturated carbocycles. The number of halogens is 2. The molecule has 1 aliphatic heterocycles. The van der Waals surface area contributed by atoms with E-state index in [2.05, 4.69) is 20.5 Å². The average Bonchev–Trinajstić information content (AvgIpc) is 2.72. The molecule has 1 saturated heterocycles. The van der Waals surface area contributed by atoms with Crippen LogP contribution in [0.1, 0.15) is 5.56 Å². The highest BCUT2D eigenvalue weighted by Gasteiger charge is 2.14. The Kier molecular flexibility index (Phi) is 7.28. The number of carbonyl (C=O) groups is 1. The molecule has 1 aliphatic rings. The van der Waals surface area contributed by atoms with Gasteiger partial charge >= 0.3 is 0 Å². The van der Waals surface area contributed by atoms with E-state index in [9.17, 15) is 9.18 Å². The summed E-state index contributed by atoms with van der Waals surface area (Å²) in [6, 6.07) is 4.88. The highest BCUT2D eigenvalue weighted by Crippen LogP contribution is 2.32. The normalized spacial score (nSPS) is 14.7. The fourth-order valence-corrected chi connectivity index (χ4v) is 2.66. The van der Waals surface area contributed by atoms with Crippen molar-refractivity contribution >= 4 is 23.7 Å². The highest BCUT2D eigenvalue weighted by molar-refractivity contribution is 6.28. The van der Waals surface area contributed by atoms with E-state index in [1.807, 2.05) is 4.90 Å². The Morgan fingerprint density at radius 3 is 2.97 bits per heavy atom. The van der Waals surface area contributed by atoms with Gasteiger partial charge in [-0.15, -0.1) is 0 Å². The van der Waals surface area contributed by atoms with Crippen molar-refractivity contribution in [3.8, 4) is 17.4 Å². The summed E-state index contributed by atoms with van der Waals surface area (Å²) in [7, 11) is 1.45. The topological polar surface area (TPSA) is 98.2 Å². The van der Waals surface area contributed by atoms with E-state index in [-0.39, 0.29) is 29.4 Å². The number of carbonyl (C=O) groups excluding carboxylic acids is 1. The summed E-state index contributed by atoms with van der Waals surface area (Å²) in [4.78, 5) is 21.2. The Morgan fingerprint density at radius 2 is 2.21 bits per heavy atom. The Bertz CT molecular complexity index is 893. The number of ether oxygens (including phenoxy) is 3. The zero-order chi connectivity index (χ0) is 20.6. The fourth-order valence-electron chi connectivity index (χ4n) is 2.54. The first-order valence-corrected chi connectivity index (χ1v) is 9.09. The zero-order valence-electron chi connectivity index (χ0n) is 15.6. The summed E-state index contributed by atoms with van der Waals surface area (Å²) >= 11 is 5.68. The van der Waals surface area contributed by atoms with Crippen LogP contribution in [0.2, 0.25) is 5.28 Å². The molecule has 0 aliphatic carbocycles. The van der Waals surface area contributed by atoms with E-state index in [0.29, 0.717) is 37.6 Å². The molecule has 0 atom stereocenters. The zero-order valence-corrected chi connectivity index (χ0v) is 16.4. The van der Waals surface area contributed by atoms with Crippen molar-refractivity contribution in [1.82, 2.24) is 20.3 Å². The number of nitrogens with zero attached hydrogens (tertiary/aromatic N) is 4. The summed E-state index contributed by atoms with van der Waals surface area (Å²) in [5.74, 6) is -0.787. The molecule has 29 heavy (non-hydrogen) atoms. The third-order valence-electron chi connectivity index (χ3n) is 3.95. The summed E-state index contributed by atoms with van der Waals surface area (Å²) in [6.45, 7) is 2.89. The number of hydrogen-bond donors (Lipinski definition) is 1. The second-order valence-corrected chi connectivity index (χ2v) is 6.32. The third-order valence-corrected chi connectivity index (χ3v) is 4.13. The number of methoxy groups -OCH3 is 1. The minimum atomic E-state index is -0.772. The molecule has 1 aromatic heterocycles. The molecule has 2 aromatic rings. The monoisotopic (exact) mass is 423 g/mol. The van der Waals surface area contributed by atoms with Crippen LogP contribution in [0.4, 0.5) is 4.39 Å². The number of rotatable bonds is 7. The van der Waals surface area contributed by atoms with Crippen LogP contribution in [0.25, 0.3) is 0 Å². The van der Waals surface area contributed by atoms with E-state index < -0.39 is 5.82 Å². The van der Waals surface area contributed by atoms with Crippen LogP contribution in [0.15, 0.2) is 29.5 Å². The second kappa shape index (κ2) is 10.1. The van der Waals surface area contributed by atoms with Crippen LogP contribution < -0.4 is 14.9 Å². The van der Waals surface area contributed by atoms with Crippen molar-refractivity contribution < 1.29 is 23.4 Å². The first kappa shape index (κ1) is 20.9. The maximum atomic E-state index is 13.8. The van der Waals surface area contributed by atoms with Crippen LogP contribution >= 0.6 is 11.6 Å². The third kappa shape index (κ3) is 6.08. The molecule has 1 fully saturated rings. The number of nitrogens with one attached hydrogen (secondary N) is 1. The molecule has 0 radical (unpaired) electrons. The molecule has 0 bridgehead atoms. The lowest BCUT2D eigenvalue weighted by Gasteiger charge is -2.25. The number of benzene rings is 1. The molecule has 1 amide bonds. The largest absolute Gasteiger partial charge is 0.493 e. The summed E-state index contributed by atoms with van der Waals surface area (Å²) < 4.78 is 29.8. The lowest BCUT2D eigenvalue weighted by Crippen LogP contribution is -2.42. The molecule has 154 valence electrons. The number of morpholine rings is 1. The SMILES string of the molecule is COc1ccc(/C=N\NC(=O)CN2CCOCC2)cc1Oc1nc(Cl)ncc1F. The van der Waals surface area contributed by atoms with Crippen molar-refractivity contribution in [3.05, 3.63) is 41.1 Å². The van der Waals surface area contributed by atoms with Gasteiger partial charge in [0.05, 0.1) is 39.3 Å². The molecule has 1 N–H and O–H groups in total. The summed E-state index contributed by atoms with van der Waals surface area (Å²) in [6.07, 6.45) is 2.35. The van der Waals surface area contributed by atoms with Gasteiger partial charge < -0.3 is 14.2 Å². The molecular formula is C18H19ClFN5O4. The average molecular weight is 424 g/mol. The van der Waals surface area contributed by atoms with Gasteiger partial charge in [-0.1, -0.05) is 0 Å². The second-order valence-electron chi connectivity index (χ2n) is 5.99.